The molecule has 0 spiro atoms. The Morgan fingerprint density at radius 3 is 2.79 bits per heavy atom. The van der Waals surface area contributed by atoms with Crippen LogP contribution in [0.15, 0.2) is 11.8 Å². The first-order valence-electron chi connectivity index (χ1n) is 4.69. The Morgan fingerprint density at radius 2 is 2.29 bits per heavy atom. The standard InChI is InChI=1S/C10H16N2O2/c1-7-4-8(2)11-10(14)9(7)5-12(3)6-13/h4,6-7,9H,5H2,1-3H3,(H,11,14)/t7-,9?/m1/s1. The summed E-state index contributed by atoms with van der Waals surface area (Å²) in [6.07, 6.45) is 2.76. The van der Waals surface area contributed by atoms with E-state index in [1.165, 1.54) is 4.90 Å². The third kappa shape index (κ3) is 2.34. The van der Waals surface area contributed by atoms with Crippen molar-refractivity contribution in [3.05, 3.63) is 11.8 Å². The molecule has 1 heterocycles. The van der Waals surface area contributed by atoms with E-state index in [1.54, 1.807) is 7.05 Å². The molecule has 4 nitrogen and oxygen atoms in total. The van der Waals surface area contributed by atoms with Crippen LogP contribution in [0.1, 0.15) is 13.8 Å². The fourth-order valence-corrected chi connectivity index (χ4v) is 1.68. The number of hydrogen-bond acceptors (Lipinski definition) is 2. The van der Waals surface area contributed by atoms with E-state index in [4.69, 9.17) is 0 Å². The molecule has 78 valence electrons. The molecule has 4 heteroatoms. The molecule has 0 aromatic heterocycles. The topological polar surface area (TPSA) is 49.4 Å². The highest BCUT2D eigenvalue weighted by molar-refractivity contribution is 5.82. The number of carbonyl (C=O) groups excluding carboxylic acids is 2. The van der Waals surface area contributed by atoms with Crippen LogP contribution in [0, 0.1) is 11.8 Å². The molecule has 1 rings (SSSR count). The van der Waals surface area contributed by atoms with Gasteiger partial charge in [0.25, 0.3) is 0 Å². The SMILES string of the molecule is CC1=C[C@@H](C)C(CN(C)C=O)C(=O)N1. The van der Waals surface area contributed by atoms with Crippen molar-refractivity contribution in [2.24, 2.45) is 11.8 Å². The minimum absolute atomic E-state index is 0.00574. The zero-order valence-corrected chi connectivity index (χ0v) is 8.78. The van der Waals surface area contributed by atoms with Crippen molar-refractivity contribution in [3.8, 4) is 0 Å². The summed E-state index contributed by atoms with van der Waals surface area (Å²) in [5.41, 5.74) is 0.896. The van der Waals surface area contributed by atoms with Crippen LogP contribution >= 0.6 is 0 Å². The van der Waals surface area contributed by atoms with Gasteiger partial charge in [-0.2, -0.15) is 0 Å². The molecule has 1 N–H and O–H groups in total. The first kappa shape index (κ1) is 10.8. The Bertz CT molecular complexity index is 273. The molecule has 0 saturated heterocycles. The molecular weight excluding hydrogens is 180 g/mol. The number of nitrogens with one attached hydrogen (secondary N) is 1. The van der Waals surface area contributed by atoms with Crippen LogP contribution < -0.4 is 5.32 Å². The van der Waals surface area contributed by atoms with Crippen LogP contribution in [0.4, 0.5) is 0 Å². The van der Waals surface area contributed by atoms with Gasteiger partial charge in [0.1, 0.15) is 0 Å². The van der Waals surface area contributed by atoms with Crippen molar-refractivity contribution in [1.82, 2.24) is 10.2 Å². The van der Waals surface area contributed by atoms with Gasteiger partial charge in [-0.3, -0.25) is 9.59 Å². The van der Waals surface area contributed by atoms with E-state index < -0.39 is 0 Å². The van der Waals surface area contributed by atoms with Crippen LogP contribution in [0.5, 0.6) is 0 Å². The predicted molar refractivity (Wildman–Crippen MR) is 53.2 cm³/mol. The first-order chi connectivity index (χ1) is 6.54. The molecule has 1 aliphatic heterocycles. The van der Waals surface area contributed by atoms with Crippen molar-refractivity contribution in [3.63, 3.8) is 0 Å². The fourth-order valence-electron chi connectivity index (χ4n) is 1.68. The first-order valence-corrected chi connectivity index (χ1v) is 4.69. The third-order valence-electron chi connectivity index (χ3n) is 2.47. The molecule has 1 aliphatic rings. The van der Waals surface area contributed by atoms with Crippen molar-refractivity contribution >= 4 is 12.3 Å². The van der Waals surface area contributed by atoms with E-state index in [0.717, 1.165) is 12.1 Å². The molecule has 2 atom stereocenters. The van der Waals surface area contributed by atoms with Gasteiger partial charge in [0.15, 0.2) is 0 Å². The van der Waals surface area contributed by atoms with Gasteiger partial charge >= 0.3 is 0 Å². The number of hydrogen-bond donors (Lipinski definition) is 1. The van der Waals surface area contributed by atoms with Crippen molar-refractivity contribution < 1.29 is 9.59 Å². The largest absolute Gasteiger partial charge is 0.348 e. The van der Waals surface area contributed by atoms with Crippen molar-refractivity contribution in [2.75, 3.05) is 13.6 Å². The summed E-state index contributed by atoms with van der Waals surface area (Å²) < 4.78 is 0. The Morgan fingerprint density at radius 1 is 1.64 bits per heavy atom. The maximum Gasteiger partial charge on any atom is 0.229 e. The molecule has 2 amide bonds. The number of amides is 2. The Kier molecular flexibility index (Phi) is 3.28. The van der Waals surface area contributed by atoms with E-state index in [-0.39, 0.29) is 17.7 Å². The smallest absolute Gasteiger partial charge is 0.229 e. The molecular formula is C10H16N2O2. The zero-order chi connectivity index (χ0) is 10.7. The average Bonchev–Trinajstić information content (AvgIpc) is 2.10. The van der Waals surface area contributed by atoms with Gasteiger partial charge in [0.2, 0.25) is 12.3 Å². The van der Waals surface area contributed by atoms with Gasteiger partial charge in [0.05, 0.1) is 5.92 Å². The van der Waals surface area contributed by atoms with E-state index in [2.05, 4.69) is 5.32 Å². The van der Waals surface area contributed by atoms with Gasteiger partial charge in [-0.25, -0.2) is 0 Å². The van der Waals surface area contributed by atoms with E-state index in [1.807, 2.05) is 19.9 Å². The molecule has 0 aromatic rings. The lowest BCUT2D eigenvalue weighted by Gasteiger charge is -2.28. The molecule has 0 radical (unpaired) electrons. The molecule has 0 aromatic carbocycles. The van der Waals surface area contributed by atoms with Crippen LogP contribution in [0.2, 0.25) is 0 Å². The predicted octanol–water partition coefficient (Wildman–Crippen LogP) is 0.360. The highest BCUT2D eigenvalue weighted by Crippen LogP contribution is 2.20. The summed E-state index contributed by atoms with van der Waals surface area (Å²) in [6, 6.07) is 0. The Labute approximate surface area is 84.0 Å². The summed E-state index contributed by atoms with van der Waals surface area (Å²) in [7, 11) is 1.68. The quantitative estimate of drug-likeness (QED) is 0.663. The monoisotopic (exact) mass is 196 g/mol. The number of allylic oxidation sites excluding steroid dienone is 2. The van der Waals surface area contributed by atoms with Gasteiger partial charge in [-0.05, 0) is 12.8 Å². The summed E-state index contributed by atoms with van der Waals surface area (Å²) in [6.45, 7) is 4.33. The van der Waals surface area contributed by atoms with E-state index in [9.17, 15) is 9.59 Å². The molecule has 14 heavy (non-hydrogen) atoms. The van der Waals surface area contributed by atoms with Crippen molar-refractivity contribution in [2.45, 2.75) is 13.8 Å². The Hall–Kier alpha value is -1.32. The van der Waals surface area contributed by atoms with E-state index >= 15 is 0 Å². The lowest BCUT2D eigenvalue weighted by atomic mass is 9.89. The minimum atomic E-state index is -0.131. The lowest BCUT2D eigenvalue weighted by molar-refractivity contribution is -0.127. The highest BCUT2D eigenvalue weighted by atomic mass is 16.2. The molecule has 1 unspecified atom stereocenters. The molecule has 0 saturated carbocycles. The second-order valence-electron chi connectivity index (χ2n) is 3.85. The highest BCUT2D eigenvalue weighted by Gasteiger charge is 2.28. The van der Waals surface area contributed by atoms with Crippen LogP contribution in [0.25, 0.3) is 0 Å². The summed E-state index contributed by atoms with van der Waals surface area (Å²) in [5.74, 6) is 0.0613. The lowest BCUT2D eigenvalue weighted by Crippen LogP contribution is -2.42. The summed E-state index contributed by atoms with van der Waals surface area (Å²) >= 11 is 0. The van der Waals surface area contributed by atoms with Gasteiger partial charge < -0.3 is 10.2 Å². The van der Waals surface area contributed by atoms with Gasteiger partial charge in [-0.15, -0.1) is 0 Å². The number of rotatable bonds is 3. The van der Waals surface area contributed by atoms with Crippen LogP contribution in [0.3, 0.4) is 0 Å². The minimum Gasteiger partial charge on any atom is -0.348 e. The second kappa shape index (κ2) is 4.26. The maximum absolute atomic E-state index is 11.6. The zero-order valence-electron chi connectivity index (χ0n) is 8.78. The molecule has 0 fully saturated rings. The number of nitrogens with zero attached hydrogens (tertiary/aromatic N) is 1. The van der Waals surface area contributed by atoms with E-state index in [0.29, 0.717) is 6.54 Å². The maximum atomic E-state index is 11.6. The van der Waals surface area contributed by atoms with Gasteiger partial charge in [0, 0.05) is 19.3 Å². The average molecular weight is 196 g/mol. The Balaban J connectivity index is 2.69. The summed E-state index contributed by atoms with van der Waals surface area (Å²) in [4.78, 5) is 23.5. The number of carbonyl (C=O) groups is 2. The molecule has 0 bridgehead atoms. The van der Waals surface area contributed by atoms with Crippen molar-refractivity contribution in [1.29, 1.82) is 0 Å². The van der Waals surface area contributed by atoms with Crippen LogP contribution in [-0.4, -0.2) is 30.8 Å². The second-order valence-corrected chi connectivity index (χ2v) is 3.85. The van der Waals surface area contributed by atoms with Crippen LogP contribution in [-0.2, 0) is 9.59 Å². The normalized spacial score (nSPS) is 26.5. The van der Waals surface area contributed by atoms with Gasteiger partial charge in [-0.1, -0.05) is 13.0 Å². The third-order valence-corrected chi connectivity index (χ3v) is 2.47. The molecule has 0 aliphatic carbocycles. The fraction of sp³-hybridized carbons (Fsp3) is 0.600. The summed E-state index contributed by atoms with van der Waals surface area (Å²) in [5, 5.41) is 2.77.